The summed E-state index contributed by atoms with van der Waals surface area (Å²) < 4.78 is 10.9. The Balaban J connectivity index is 2.56. The number of aliphatic hydroxyl groups is 1. The van der Waals surface area contributed by atoms with Crippen LogP contribution in [0.2, 0.25) is 0 Å². The molecule has 42 heavy (non-hydrogen) atoms. The van der Waals surface area contributed by atoms with Gasteiger partial charge in [0.2, 0.25) is 5.91 Å². The molecule has 1 aromatic heterocycles. The molecule has 0 aliphatic rings. The number of aromatic nitrogens is 2. The Morgan fingerprint density at radius 1 is 0.833 bits per heavy atom. The number of aliphatic hydroxyl groups excluding tert-OH is 1. The lowest BCUT2D eigenvalue weighted by Crippen LogP contribution is -2.50. The number of nitrogens with one attached hydrogen (secondary N) is 2. The molecule has 1 atom stereocenters. The van der Waals surface area contributed by atoms with Gasteiger partial charge < -0.3 is 29.8 Å². The highest BCUT2D eigenvalue weighted by Crippen LogP contribution is 2.11. The number of nitrogens with zero attached hydrogens (tertiary/aromatic N) is 2. The summed E-state index contributed by atoms with van der Waals surface area (Å²) in [5.41, 5.74) is 0.779. The fraction of sp³-hybridized carbons (Fsp3) is 0.812. The zero-order valence-electron chi connectivity index (χ0n) is 26.4. The first-order valence-corrected chi connectivity index (χ1v) is 16.4. The predicted octanol–water partition coefficient (Wildman–Crippen LogP) is 5.10. The second kappa shape index (κ2) is 26.2. The van der Waals surface area contributed by atoms with Crippen LogP contribution in [0.3, 0.4) is 0 Å². The monoisotopic (exact) mass is 594 g/mol. The summed E-state index contributed by atoms with van der Waals surface area (Å²) in [4.78, 5) is 46.7. The zero-order valence-corrected chi connectivity index (χ0v) is 26.4. The largest absolute Gasteiger partial charge is 0.464 e. The molecule has 0 spiro atoms. The minimum Gasteiger partial charge on any atom is -0.464 e. The zero-order chi connectivity index (χ0) is 30.7. The Morgan fingerprint density at radius 3 is 1.79 bits per heavy atom. The molecule has 0 aromatic carbocycles. The number of imidazole rings is 1. The first-order valence-electron chi connectivity index (χ1n) is 16.4. The fourth-order valence-corrected chi connectivity index (χ4v) is 4.79. The highest BCUT2D eigenvalue weighted by atomic mass is 16.5. The van der Waals surface area contributed by atoms with Crippen LogP contribution < -0.4 is 5.32 Å². The number of unbranched alkanes of at least 4 members (excludes halogenated alkanes) is 12. The first-order chi connectivity index (χ1) is 20.5. The van der Waals surface area contributed by atoms with Gasteiger partial charge in [0.1, 0.15) is 13.2 Å². The molecule has 1 rings (SSSR count). The summed E-state index contributed by atoms with van der Waals surface area (Å²) in [6.45, 7) is 5.06. The van der Waals surface area contributed by atoms with E-state index >= 15 is 0 Å². The van der Waals surface area contributed by atoms with Crippen molar-refractivity contribution in [1.29, 1.82) is 0 Å². The highest BCUT2D eigenvalue weighted by Gasteiger charge is 2.25. The van der Waals surface area contributed by atoms with Crippen molar-refractivity contribution in [2.75, 3.05) is 39.5 Å². The molecular weight excluding hydrogens is 536 g/mol. The lowest BCUT2D eigenvalue weighted by molar-refractivity contribution is -0.148. The van der Waals surface area contributed by atoms with Gasteiger partial charge in [0, 0.05) is 37.7 Å². The van der Waals surface area contributed by atoms with Gasteiger partial charge in [0.25, 0.3) is 0 Å². The SMILES string of the molecule is CCCCCCCCCC(=O)OCCN(CCOC(=O)CCCCCCCCC)C(=O)C(Cc1cnc[nH]1)NCCO. The van der Waals surface area contributed by atoms with E-state index < -0.39 is 6.04 Å². The van der Waals surface area contributed by atoms with E-state index in [-0.39, 0.29) is 57.3 Å². The van der Waals surface area contributed by atoms with Gasteiger partial charge in [-0.25, -0.2) is 4.98 Å². The van der Waals surface area contributed by atoms with Gasteiger partial charge >= 0.3 is 11.9 Å². The summed E-state index contributed by atoms with van der Waals surface area (Å²) in [7, 11) is 0. The molecule has 0 aliphatic heterocycles. The van der Waals surface area contributed by atoms with E-state index in [1.54, 1.807) is 17.4 Å². The minimum absolute atomic E-state index is 0.0732. The van der Waals surface area contributed by atoms with Crippen LogP contribution in [0.25, 0.3) is 0 Å². The average molecular weight is 595 g/mol. The van der Waals surface area contributed by atoms with Crippen molar-refractivity contribution in [1.82, 2.24) is 20.2 Å². The normalized spacial score (nSPS) is 11.8. The maximum atomic E-state index is 13.5. The Hall–Kier alpha value is -2.46. The summed E-state index contributed by atoms with van der Waals surface area (Å²) in [5.74, 6) is -0.738. The molecule has 3 N–H and O–H groups in total. The van der Waals surface area contributed by atoms with E-state index in [4.69, 9.17) is 9.47 Å². The number of esters is 2. The van der Waals surface area contributed by atoms with Crippen molar-refractivity contribution in [3.8, 4) is 0 Å². The average Bonchev–Trinajstić information content (AvgIpc) is 3.50. The molecule has 0 bridgehead atoms. The number of hydrogen-bond donors (Lipinski definition) is 3. The molecule has 0 radical (unpaired) electrons. The molecule has 0 aliphatic carbocycles. The fourth-order valence-electron chi connectivity index (χ4n) is 4.79. The third kappa shape index (κ3) is 19.6. The van der Waals surface area contributed by atoms with Crippen LogP contribution in [-0.2, 0) is 30.3 Å². The van der Waals surface area contributed by atoms with Gasteiger partial charge in [0.05, 0.1) is 32.1 Å². The maximum Gasteiger partial charge on any atom is 0.305 e. The quantitative estimate of drug-likeness (QED) is 0.0901. The molecule has 0 saturated carbocycles. The molecule has 1 amide bonds. The van der Waals surface area contributed by atoms with Crippen LogP contribution in [0.1, 0.15) is 122 Å². The Bertz CT molecular complexity index is 769. The highest BCUT2D eigenvalue weighted by molar-refractivity contribution is 5.82. The number of hydrogen-bond acceptors (Lipinski definition) is 8. The maximum absolute atomic E-state index is 13.5. The number of H-pyrrole nitrogens is 1. The van der Waals surface area contributed by atoms with Gasteiger partial charge in [0.15, 0.2) is 0 Å². The minimum atomic E-state index is -0.621. The van der Waals surface area contributed by atoms with Crippen LogP contribution in [0.15, 0.2) is 12.5 Å². The molecule has 242 valence electrons. The van der Waals surface area contributed by atoms with Crippen molar-refractivity contribution < 1.29 is 29.0 Å². The summed E-state index contributed by atoms with van der Waals surface area (Å²) in [6, 6.07) is -0.621. The molecule has 1 unspecified atom stereocenters. The van der Waals surface area contributed by atoms with Crippen LogP contribution in [0.4, 0.5) is 0 Å². The topological polar surface area (TPSA) is 134 Å². The van der Waals surface area contributed by atoms with Crippen molar-refractivity contribution in [2.45, 2.75) is 129 Å². The number of aromatic amines is 1. The Morgan fingerprint density at radius 2 is 1.33 bits per heavy atom. The van der Waals surface area contributed by atoms with Crippen LogP contribution >= 0.6 is 0 Å². The van der Waals surface area contributed by atoms with E-state index in [0.717, 1.165) is 44.2 Å². The number of carbonyl (C=O) groups excluding carboxylic acids is 3. The van der Waals surface area contributed by atoms with Gasteiger partial charge in [-0.1, -0.05) is 90.9 Å². The summed E-state index contributed by atoms with van der Waals surface area (Å²) in [5, 5.41) is 12.4. The summed E-state index contributed by atoms with van der Waals surface area (Å²) >= 11 is 0. The van der Waals surface area contributed by atoms with Crippen molar-refractivity contribution in [2.24, 2.45) is 0 Å². The van der Waals surface area contributed by atoms with Crippen LogP contribution in [-0.4, -0.2) is 83.3 Å². The molecule has 0 saturated heterocycles. The van der Waals surface area contributed by atoms with Crippen molar-refractivity contribution in [3.05, 3.63) is 18.2 Å². The molecule has 1 aromatic rings. The van der Waals surface area contributed by atoms with E-state index in [1.165, 1.54) is 51.4 Å². The number of carbonyl (C=O) groups is 3. The smallest absolute Gasteiger partial charge is 0.305 e. The van der Waals surface area contributed by atoms with E-state index in [1.807, 2.05) is 0 Å². The number of ether oxygens (including phenoxy) is 2. The molecule has 10 heteroatoms. The molecular formula is C32H58N4O6. The Labute approximate surface area is 253 Å². The lowest BCUT2D eigenvalue weighted by Gasteiger charge is -2.27. The number of rotatable bonds is 28. The number of amides is 1. The van der Waals surface area contributed by atoms with Gasteiger partial charge in [-0.05, 0) is 12.8 Å². The van der Waals surface area contributed by atoms with Crippen molar-refractivity contribution in [3.63, 3.8) is 0 Å². The lowest BCUT2D eigenvalue weighted by atomic mass is 10.1. The van der Waals surface area contributed by atoms with E-state index in [2.05, 4.69) is 29.1 Å². The molecule has 0 fully saturated rings. The molecule has 1 heterocycles. The summed E-state index contributed by atoms with van der Waals surface area (Å²) in [6.07, 6.45) is 20.0. The van der Waals surface area contributed by atoms with Gasteiger partial charge in [-0.15, -0.1) is 0 Å². The standard InChI is InChI=1S/C32H58N4O6/c1-3-5-7-9-11-13-15-17-30(38)41-23-20-36(21-24-42-31(39)18-16-14-12-10-8-6-4-2)32(40)29(34-19-22-37)25-28-26-33-27-35-28/h26-27,29,34,37H,3-25H2,1-2H3,(H,33,35). The van der Waals surface area contributed by atoms with Gasteiger partial charge in [-0.3, -0.25) is 14.4 Å². The third-order valence-electron chi connectivity index (χ3n) is 7.31. The second-order valence-corrected chi connectivity index (χ2v) is 11.0. The Kier molecular flexibility index (Phi) is 23.4. The molecule has 10 nitrogen and oxygen atoms in total. The van der Waals surface area contributed by atoms with Crippen LogP contribution in [0, 0.1) is 0 Å². The first kappa shape index (κ1) is 37.6. The van der Waals surface area contributed by atoms with Crippen LogP contribution in [0.5, 0.6) is 0 Å². The predicted molar refractivity (Wildman–Crippen MR) is 165 cm³/mol. The van der Waals surface area contributed by atoms with E-state index in [0.29, 0.717) is 19.3 Å². The second-order valence-electron chi connectivity index (χ2n) is 11.0. The van der Waals surface area contributed by atoms with Gasteiger partial charge in [-0.2, -0.15) is 0 Å². The third-order valence-corrected chi connectivity index (χ3v) is 7.31. The van der Waals surface area contributed by atoms with Crippen molar-refractivity contribution >= 4 is 17.8 Å². The van der Waals surface area contributed by atoms with E-state index in [9.17, 15) is 19.5 Å².